The zero-order valence-electron chi connectivity index (χ0n) is 15.6. The van der Waals surface area contributed by atoms with Crippen LogP contribution in [-0.4, -0.2) is 56.6 Å². The van der Waals surface area contributed by atoms with Crippen LogP contribution in [0.4, 0.5) is 10.6 Å². The lowest BCUT2D eigenvalue weighted by Crippen LogP contribution is -2.53. The Bertz CT molecular complexity index is 773. The summed E-state index contributed by atoms with van der Waals surface area (Å²) in [6.07, 6.45) is 6.32. The minimum atomic E-state index is -0.458. The highest BCUT2D eigenvalue weighted by molar-refractivity contribution is 6.18. The molecule has 0 radical (unpaired) electrons. The zero-order chi connectivity index (χ0) is 18.1. The van der Waals surface area contributed by atoms with E-state index in [0.29, 0.717) is 13.1 Å². The third-order valence-electron chi connectivity index (χ3n) is 6.93. The molecule has 26 heavy (non-hydrogen) atoms. The molecule has 7 nitrogen and oxygen atoms in total. The predicted octanol–water partition coefficient (Wildman–Crippen LogP) is 2.55. The second-order valence-corrected chi connectivity index (χ2v) is 8.61. The molecule has 7 heteroatoms. The predicted molar refractivity (Wildman–Crippen MR) is 98.7 cm³/mol. The minimum Gasteiger partial charge on any atom is -0.390 e. The summed E-state index contributed by atoms with van der Waals surface area (Å²) in [5.41, 5.74) is 0.455. The number of aliphatic imine (C=N–C) groups is 1. The fourth-order valence-corrected chi connectivity index (χ4v) is 5.20. The van der Waals surface area contributed by atoms with Crippen LogP contribution in [0.15, 0.2) is 4.99 Å². The SMILES string of the molecule is CCCN1C(=O)N2C(=NC[C@@H]2C)c2[nH]c(C34CCC(O)(CC3)CC4)nc21. The number of hydrogen-bond donors (Lipinski definition) is 2. The van der Waals surface area contributed by atoms with E-state index in [2.05, 4.69) is 16.9 Å². The summed E-state index contributed by atoms with van der Waals surface area (Å²) in [4.78, 5) is 29.8. The Morgan fingerprint density at radius 1 is 1.23 bits per heavy atom. The molecule has 2 aliphatic heterocycles. The number of aromatic amines is 1. The van der Waals surface area contributed by atoms with E-state index in [1.807, 2.05) is 16.7 Å². The normalized spacial score (nSPS) is 35.6. The number of fused-ring (bicyclic) bond motifs is 6. The molecule has 5 aliphatic rings. The number of rotatable bonds is 3. The van der Waals surface area contributed by atoms with E-state index in [1.54, 1.807) is 0 Å². The number of carbonyl (C=O) groups excluding carboxylic acids is 1. The highest BCUT2D eigenvalue weighted by Crippen LogP contribution is 2.53. The summed E-state index contributed by atoms with van der Waals surface area (Å²) in [6, 6.07) is 0.0922. The van der Waals surface area contributed by atoms with Crippen molar-refractivity contribution in [2.24, 2.45) is 4.99 Å². The Labute approximate surface area is 153 Å². The van der Waals surface area contributed by atoms with Crippen molar-refractivity contribution in [3.63, 3.8) is 0 Å². The number of urea groups is 1. The van der Waals surface area contributed by atoms with E-state index in [1.165, 1.54) is 0 Å². The van der Waals surface area contributed by atoms with Crippen molar-refractivity contribution in [3.8, 4) is 0 Å². The van der Waals surface area contributed by atoms with Crippen LogP contribution in [0.25, 0.3) is 0 Å². The third kappa shape index (κ3) is 2.06. The summed E-state index contributed by atoms with van der Waals surface area (Å²) in [5, 5.41) is 10.5. The number of amidine groups is 1. The molecule has 0 spiro atoms. The lowest BCUT2D eigenvalue weighted by molar-refractivity contribution is -0.0678. The average Bonchev–Trinajstić information content (AvgIpc) is 3.24. The Kier molecular flexibility index (Phi) is 3.33. The summed E-state index contributed by atoms with van der Waals surface area (Å²) >= 11 is 0. The van der Waals surface area contributed by atoms with Crippen LogP contribution >= 0.6 is 0 Å². The Balaban J connectivity index is 1.59. The fraction of sp³-hybridized carbons (Fsp3) is 0.737. The van der Waals surface area contributed by atoms with Gasteiger partial charge in [-0.1, -0.05) is 6.92 Å². The van der Waals surface area contributed by atoms with Gasteiger partial charge in [-0.3, -0.25) is 14.8 Å². The van der Waals surface area contributed by atoms with Gasteiger partial charge in [0.05, 0.1) is 18.2 Å². The maximum atomic E-state index is 13.0. The molecule has 2 N–H and O–H groups in total. The van der Waals surface area contributed by atoms with E-state index < -0.39 is 5.60 Å². The smallest absolute Gasteiger partial charge is 0.331 e. The van der Waals surface area contributed by atoms with Crippen LogP contribution in [-0.2, 0) is 5.41 Å². The summed E-state index contributed by atoms with van der Waals surface area (Å²) < 4.78 is 0. The highest BCUT2D eigenvalue weighted by Gasteiger charge is 2.51. The number of aromatic nitrogens is 2. The molecule has 140 valence electrons. The average molecular weight is 357 g/mol. The molecule has 1 aromatic heterocycles. The number of aliphatic hydroxyl groups is 1. The number of H-pyrrole nitrogens is 1. The van der Waals surface area contributed by atoms with E-state index in [9.17, 15) is 9.90 Å². The van der Waals surface area contributed by atoms with Gasteiger partial charge < -0.3 is 10.1 Å². The maximum absolute atomic E-state index is 13.0. The van der Waals surface area contributed by atoms with E-state index >= 15 is 0 Å². The first kappa shape index (κ1) is 16.3. The minimum absolute atomic E-state index is 0.000290. The standard InChI is InChI=1S/C19H27N5O2/c1-3-10-23-15-13(14-20-11-12(2)24(14)17(23)25)21-16(22-15)18-4-7-19(26,8-5-18)9-6-18/h12,26H,3-11H2,1-2H3,(H,21,22)/t12-,18?,19?/m0/s1. The largest absolute Gasteiger partial charge is 0.390 e. The van der Waals surface area contributed by atoms with Crippen LogP contribution in [0.1, 0.15) is 70.3 Å². The maximum Gasteiger partial charge on any atom is 0.331 e. The number of carbonyl (C=O) groups is 1. The lowest BCUT2D eigenvalue weighted by Gasteiger charge is -2.49. The van der Waals surface area contributed by atoms with Gasteiger partial charge in [0.25, 0.3) is 0 Å². The van der Waals surface area contributed by atoms with Crippen molar-refractivity contribution in [3.05, 3.63) is 11.5 Å². The van der Waals surface area contributed by atoms with Gasteiger partial charge in [0.2, 0.25) is 0 Å². The van der Waals surface area contributed by atoms with Crippen molar-refractivity contribution in [2.75, 3.05) is 18.0 Å². The third-order valence-corrected chi connectivity index (χ3v) is 6.93. The quantitative estimate of drug-likeness (QED) is 0.872. The molecule has 2 amide bonds. The molecular formula is C19H27N5O2. The first-order chi connectivity index (χ1) is 12.5. The van der Waals surface area contributed by atoms with Gasteiger partial charge in [0.15, 0.2) is 11.7 Å². The van der Waals surface area contributed by atoms with Crippen molar-refractivity contribution < 1.29 is 9.90 Å². The van der Waals surface area contributed by atoms with Crippen LogP contribution in [0.2, 0.25) is 0 Å². The molecule has 0 saturated heterocycles. The number of nitrogens with zero attached hydrogens (tertiary/aromatic N) is 4. The first-order valence-electron chi connectivity index (χ1n) is 9.95. The van der Waals surface area contributed by atoms with Gasteiger partial charge in [0, 0.05) is 12.0 Å². The van der Waals surface area contributed by atoms with Crippen molar-refractivity contribution in [2.45, 2.75) is 75.9 Å². The number of anilines is 1. The van der Waals surface area contributed by atoms with Gasteiger partial charge in [-0.15, -0.1) is 0 Å². The topological polar surface area (TPSA) is 84.8 Å². The highest BCUT2D eigenvalue weighted by atomic mass is 16.3. The van der Waals surface area contributed by atoms with Gasteiger partial charge in [-0.05, 0) is 51.9 Å². The van der Waals surface area contributed by atoms with Crippen molar-refractivity contribution >= 4 is 17.7 Å². The molecule has 0 unspecified atom stereocenters. The van der Waals surface area contributed by atoms with Crippen LogP contribution in [0.3, 0.4) is 0 Å². The molecule has 3 fully saturated rings. The Morgan fingerprint density at radius 2 is 1.92 bits per heavy atom. The molecule has 3 aliphatic carbocycles. The molecule has 3 saturated carbocycles. The zero-order valence-corrected chi connectivity index (χ0v) is 15.6. The molecule has 6 rings (SSSR count). The number of nitrogens with one attached hydrogen (secondary N) is 1. The number of imidazole rings is 1. The first-order valence-corrected chi connectivity index (χ1v) is 9.95. The van der Waals surface area contributed by atoms with Gasteiger partial charge >= 0.3 is 6.03 Å². The fourth-order valence-electron chi connectivity index (χ4n) is 5.20. The van der Waals surface area contributed by atoms with Gasteiger partial charge in [-0.2, -0.15) is 0 Å². The summed E-state index contributed by atoms with van der Waals surface area (Å²) in [6.45, 7) is 5.44. The molecule has 2 bridgehead atoms. The number of hydrogen-bond acceptors (Lipinski definition) is 4. The molecule has 1 atom stereocenters. The molecule has 0 aromatic carbocycles. The van der Waals surface area contributed by atoms with Crippen molar-refractivity contribution in [1.29, 1.82) is 0 Å². The van der Waals surface area contributed by atoms with Gasteiger partial charge in [0.1, 0.15) is 11.5 Å². The monoisotopic (exact) mass is 357 g/mol. The van der Waals surface area contributed by atoms with Crippen LogP contribution < -0.4 is 4.90 Å². The van der Waals surface area contributed by atoms with Crippen LogP contribution in [0.5, 0.6) is 0 Å². The van der Waals surface area contributed by atoms with E-state index in [4.69, 9.17) is 4.98 Å². The lowest BCUT2D eigenvalue weighted by atomic mass is 9.58. The second kappa shape index (κ2) is 5.31. The van der Waals surface area contributed by atoms with Gasteiger partial charge in [-0.25, -0.2) is 9.78 Å². The second-order valence-electron chi connectivity index (χ2n) is 8.61. The molecule has 3 heterocycles. The summed E-state index contributed by atoms with van der Waals surface area (Å²) in [7, 11) is 0. The molecule has 1 aromatic rings. The summed E-state index contributed by atoms with van der Waals surface area (Å²) in [5.74, 6) is 2.49. The van der Waals surface area contributed by atoms with E-state index in [-0.39, 0.29) is 17.5 Å². The number of amides is 2. The van der Waals surface area contributed by atoms with E-state index in [0.717, 1.165) is 68.1 Å². The van der Waals surface area contributed by atoms with Crippen LogP contribution in [0, 0.1) is 0 Å². The Morgan fingerprint density at radius 3 is 2.58 bits per heavy atom. The van der Waals surface area contributed by atoms with Crippen molar-refractivity contribution in [1.82, 2.24) is 14.9 Å². The molecular weight excluding hydrogens is 330 g/mol. The Hall–Kier alpha value is -1.89.